The molecule has 5 nitrogen and oxygen atoms in total. The minimum atomic E-state index is -0.00423. The number of hydrogen-bond donors (Lipinski definition) is 2. The molecule has 0 radical (unpaired) electrons. The number of anilines is 1. The molecule has 2 aliphatic rings. The highest BCUT2D eigenvalue weighted by Gasteiger charge is 2.27. The molecule has 20 heavy (non-hydrogen) atoms. The molecule has 3 N–H and O–H groups in total. The number of morpholine rings is 1. The zero-order valence-corrected chi connectivity index (χ0v) is 11.5. The van der Waals surface area contributed by atoms with Crippen molar-refractivity contribution in [3.05, 3.63) is 29.8 Å². The van der Waals surface area contributed by atoms with Crippen molar-refractivity contribution in [2.45, 2.75) is 24.9 Å². The fraction of sp³-hybridized carbons (Fsp3) is 0.533. The lowest BCUT2D eigenvalue weighted by Gasteiger charge is -2.33. The predicted octanol–water partition coefficient (Wildman–Crippen LogP) is 0.743. The first-order valence-corrected chi connectivity index (χ1v) is 7.21. The van der Waals surface area contributed by atoms with Crippen molar-refractivity contribution in [1.82, 2.24) is 5.32 Å². The van der Waals surface area contributed by atoms with Crippen LogP contribution >= 0.6 is 0 Å². The minimum absolute atomic E-state index is 0.00423. The molecule has 1 aromatic rings. The summed E-state index contributed by atoms with van der Waals surface area (Å²) in [5.74, 6) is -0.00423. The maximum absolute atomic E-state index is 12.1. The van der Waals surface area contributed by atoms with Crippen LogP contribution < -0.4 is 16.0 Å². The van der Waals surface area contributed by atoms with E-state index in [1.807, 2.05) is 24.3 Å². The van der Waals surface area contributed by atoms with E-state index in [-0.39, 0.29) is 18.0 Å². The molecule has 1 aromatic carbocycles. The lowest BCUT2D eigenvalue weighted by molar-refractivity contribution is 0.0910. The van der Waals surface area contributed by atoms with E-state index in [0.29, 0.717) is 5.56 Å². The quantitative estimate of drug-likeness (QED) is 0.854. The van der Waals surface area contributed by atoms with Crippen LogP contribution in [0.3, 0.4) is 0 Å². The van der Waals surface area contributed by atoms with Crippen molar-refractivity contribution in [2.75, 3.05) is 31.2 Å². The molecule has 0 unspecified atom stereocenters. The lowest BCUT2D eigenvalue weighted by atomic mass is 9.87. The van der Waals surface area contributed by atoms with E-state index in [1.54, 1.807) is 0 Å². The van der Waals surface area contributed by atoms with Gasteiger partial charge in [-0.2, -0.15) is 0 Å². The molecular formula is C15H21N3O2. The topological polar surface area (TPSA) is 67.6 Å². The molecule has 1 saturated carbocycles. The molecule has 0 atom stereocenters. The average molecular weight is 275 g/mol. The van der Waals surface area contributed by atoms with Crippen LogP contribution in [0.2, 0.25) is 0 Å². The number of hydrogen-bond acceptors (Lipinski definition) is 4. The highest BCUT2D eigenvalue weighted by molar-refractivity contribution is 5.94. The number of benzene rings is 1. The molecule has 0 spiro atoms. The lowest BCUT2D eigenvalue weighted by Crippen LogP contribution is -2.50. The van der Waals surface area contributed by atoms with E-state index in [2.05, 4.69) is 10.2 Å². The Balaban J connectivity index is 1.58. The second-order valence-corrected chi connectivity index (χ2v) is 5.55. The third kappa shape index (κ3) is 2.94. The molecule has 1 heterocycles. The van der Waals surface area contributed by atoms with E-state index < -0.39 is 0 Å². The van der Waals surface area contributed by atoms with Gasteiger partial charge in [0.05, 0.1) is 13.2 Å². The van der Waals surface area contributed by atoms with Crippen LogP contribution in [0, 0.1) is 0 Å². The van der Waals surface area contributed by atoms with Gasteiger partial charge in [-0.15, -0.1) is 0 Å². The summed E-state index contributed by atoms with van der Waals surface area (Å²) >= 11 is 0. The van der Waals surface area contributed by atoms with Gasteiger partial charge in [0.2, 0.25) is 0 Å². The highest BCUT2D eigenvalue weighted by Crippen LogP contribution is 2.19. The van der Waals surface area contributed by atoms with E-state index in [1.165, 1.54) is 0 Å². The summed E-state index contributed by atoms with van der Waals surface area (Å²) < 4.78 is 5.34. The third-order valence-corrected chi connectivity index (χ3v) is 4.02. The number of carbonyl (C=O) groups is 1. The van der Waals surface area contributed by atoms with Crippen molar-refractivity contribution in [1.29, 1.82) is 0 Å². The Morgan fingerprint density at radius 3 is 2.45 bits per heavy atom. The van der Waals surface area contributed by atoms with Crippen LogP contribution in [0.4, 0.5) is 5.69 Å². The van der Waals surface area contributed by atoms with Gasteiger partial charge >= 0.3 is 0 Å². The van der Waals surface area contributed by atoms with Crippen LogP contribution in [0.5, 0.6) is 0 Å². The Morgan fingerprint density at radius 1 is 1.20 bits per heavy atom. The molecular weight excluding hydrogens is 254 g/mol. The van der Waals surface area contributed by atoms with Gasteiger partial charge < -0.3 is 20.7 Å². The van der Waals surface area contributed by atoms with Crippen molar-refractivity contribution in [3.8, 4) is 0 Å². The van der Waals surface area contributed by atoms with Crippen LogP contribution in [0.15, 0.2) is 24.3 Å². The minimum Gasteiger partial charge on any atom is -0.378 e. The van der Waals surface area contributed by atoms with E-state index in [0.717, 1.165) is 44.8 Å². The van der Waals surface area contributed by atoms with Gasteiger partial charge in [0.25, 0.3) is 5.91 Å². The zero-order valence-electron chi connectivity index (χ0n) is 11.5. The number of nitrogens with zero attached hydrogens (tertiary/aromatic N) is 1. The number of carbonyl (C=O) groups excluding carboxylic acids is 1. The first kappa shape index (κ1) is 13.4. The number of ether oxygens (including phenoxy) is 1. The number of nitrogens with one attached hydrogen (secondary N) is 1. The summed E-state index contributed by atoms with van der Waals surface area (Å²) in [6.45, 7) is 3.35. The maximum atomic E-state index is 12.1. The summed E-state index contributed by atoms with van der Waals surface area (Å²) in [6.07, 6.45) is 1.77. The molecule has 0 bridgehead atoms. The van der Waals surface area contributed by atoms with E-state index in [9.17, 15) is 4.79 Å². The summed E-state index contributed by atoms with van der Waals surface area (Å²) in [6, 6.07) is 8.29. The number of amides is 1. The fourth-order valence-corrected chi connectivity index (χ4v) is 2.69. The average Bonchev–Trinajstić information content (AvgIpc) is 2.47. The first-order valence-electron chi connectivity index (χ1n) is 7.21. The SMILES string of the molecule is N[C@H]1C[C@@H](NC(=O)c2ccc(N3CCOCC3)cc2)C1. The molecule has 1 aliphatic carbocycles. The standard InChI is InChI=1S/C15H21N3O2/c16-12-9-13(10-12)17-15(19)11-1-3-14(4-2-11)18-5-7-20-8-6-18/h1-4,12-13H,5-10,16H2,(H,17,19)/t12-,13+. The Kier molecular flexibility index (Phi) is 3.89. The van der Waals surface area contributed by atoms with Gasteiger partial charge in [-0.3, -0.25) is 4.79 Å². The van der Waals surface area contributed by atoms with Crippen LogP contribution in [0.25, 0.3) is 0 Å². The summed E-state index contributed by atoms with van der Waals surface area (Å²) in [7, 11) is 0. The summed E-state index contributed by atoms with van der Waals surface area (Å²) in [5, 5.41) is 3.01. The molecule has 2 fully saturated rings. The Hall–Kier alpha value is -1.59. The zero-order chi connectivity index (χ0) is 13.9. The van der Waals surface area contributed by atoms with Gasteiger partial charge in [-0.1, -0.05) is 0 Å². The van der Waals surface area contributed by atoms with Gasteiger partial charge in [-0.25, -0.2) is 0 Å². The monoisotopic (exact) mass is 275 g/mol. The van der Waals surface area contributed by atoms with Crippen molar-refractivity contribution >= 4 is 11.6 Å². The molecule has 1 aliphatic heterocycles. The predicted molar refractivity (Wildman–Crippen MR) is 77.9 cm³/mol. The Morgan fingerprint density at radius 2 is 1.85 bits per heavy atom. The van der Waals surface area contributed by atoms with Crippen LogP contribution in [-0.2, 0) is 4.74 Å². The number of nitrogens with two attached hydrogens (primary N) is 1. The Bertz CT molecular complexity index is 463. The van der Waals surface area contributed by atoms with E-state index in [4.69, 9.17) is 10.5 Å². The molecule has 1 saturated heterocycles. The summed E-state index contributed by atoms with van der Waals surface area (Å²) in [5.41, 5.74) is 7.58. The molecule has 0 aromatic heterocycles. The molecule has 5 heteroatoms. The smallest absolute Gasteiger partial charge is 0.251 e. The van der Waals surface area contributed by atoms with Crippen molar-refractivity contribution in [2.24, 2.45) is 5.73 Å². The fourth-order valence-electron chi connectivity index (χ4n) is 2.69. The first-order chi connectivity index (χ1) is 9.72. The normalized spacial score (nSPS) is 25.9. The third-order valence-electron chi connectivity index (χ3n) is 4.02. The maximum Gasteiger partial charge on any atom is 0.251 e. The second-order valence-electron chi connectivity index (χ2n) is 5.55. The number of rotatable bonds is 3. The highest BCUT2D eigenvalue weighted by atomic mass is 16.5. The van der Waals surface area contributed by atoms with Crippen molar-refractivity contribution in [3.63, 3.8) is 0 Å². The molecule has 3 rings (SSSR count). The van der Waals surface area contributed by atoms with Crippen LogP contribution in [0.1, 0.15) is 23.2 Å². The molecule has 1 amide bonds. The van der Waals surface area contributed by atoms with E-state index >= 15 is 0 Å². The summed E-state index contributed by atoms with van der Waals surface area (Å²) in [4.78, 5) is 14.3. The van der Waals surface area contributed by atoms with Gasteiger partial charge in [-0.05, 0) is 37.1 Å². The Labute approximate surface area is 119 Å². The van der Waals surface area contributed by atoms with Gasteiger partial charge in [0, 0.05) is 36.4 Å². The van der Waals surface area contributed by atoms with Gasteiger partial charge in [0.15, 0.2) is 0 Å². The second kappa shape index (κ2) is 5.81. The largest absolute Gasteiger partial charge is 0.378 e. The van der Waals surface area contributed by atoms with Crippen molar-refractivity contribution < 1.29 is 9.53 Å². The van der Waals surface area contributed by atoms with Gasteiger partial charge in [0.1, 0.15) is 0 Å². The molecule has 108 valence electrons. The van der Waals surface area contributed by atoms with Crippen LogP contribution in [-0.4, -0.2) is 44.3 Å².